The smallest absolute Gasteiger partial charge is 0.273 e. The number of rotatable bonds is 7. The van der Waals surface area contributed by atoms with Crippen molar-refractivity contribution in [1.29, 1.82) is 0 Å². The third kappa shape index (κ3) is 4.45. The number of carbonyl (C=O) groups is 1. The summed E-state index contributed by atoms with van der Waals surface area (Å²) in [6, 6.07) is 23.9. The molecule has 0 atom stereocenters. The number of benzene rings is 3. The second-order valence-electron chi connectivity index (χ2n) is 6.63. The molecule has 0 aliphatic heterocycles. The molecule has 0 unspecified atom stereocenters. The quantitative estimate of drug-likeness (QED) is 0.470. The van der Waals surface area contributed by atoms with Crippen molar-refractivity contribution >= 4 is 38.8 Å². The number of amides is 1. The Morgan fingerprint density at radius 3 is 2.59 bits per heavy atom. The van der Waals surface area contributed by atoms with E-state index in [2.05, 4.69) is 28.5 Å². The van der Waals surface area contributed by atoms with E-state index in [4.69, 9.17) is 0 Å². The summed E-state index contributed by atoms with van der Waals surface area (Å²) in [5, 5.41) is 17.4. The predicted octanol–water partition coefficient (Wildman–Crippen LogP) is 4.67. The maximum atomic E-state index is 12.9. The first-order valence-electron chi connectivity index (χ1n) is 9.39. The van der Waals surface area contributed by atoms with Gasteiger partial charge in [-0.25, -0.2) is 4.98 Å². The molecular formula is C23H21N3O2S. The SMILES string of the molecule is O=C(c1csc(Nc2cccc3ccccc23)n1)N(CCO)Cc1ccccc1. The first kappa shape index (κ1) is 19.1. The Morgan fingerprint density at radius 1 is 1.00 bits per heavy atom. The molecule has 0 saturated carbocycles. The average Bonchev–Trinajstić information content (AvgIpc) is 3.22. The molecule has 0 bridgehead atoms. The molecule has 1 heterocycles. The van der Waals surface area contributed by atoms with Crippen LogP contribution in [0.2, 0.25) is 0 Å². The van der Waals surface area contributed by atoms with Crippen molar-refractivity contribution < 1.29 is 9.90 Å². The van der Waals surface area contributed by atoms with Gasteiger partial charge in [-0.3, -0.25) is 4.79 Å². The fraction of sp³-hybridized carbons (Fsp3) is 0.130. The number of nitrogens with zero attached hydrogens (tertiary/aromatic N) is 2. The second-order valence-corrected chi connectivity index (χ2v) is 7.48. The molecule has 29 heavy (non-hydrogen) atoms. The third-order valence-corrected chi connectivity index (χ3v) is 5.39. The zero-order chi connectivity index (χ0) is 20.1. The molecule has 0 aliphatic rings. The van der Waals surface area contributed by atoms with Crippen LogP contribution in [-0.4, -0.2) is 34.0 Å². The number of nitrogens with one attached hydrogen (secondary N) is 1. The van der Waals surface area contributed by atoms with E-state index in [1.807, 2.05) is 54.6 Å². The molecule has 1 aromatic heterocycles. The van der Waals surface area contributed by atoms with Crippen LogP contribution in [0.4, 0.5) is 10.8 Å². The van der Waals surface area contributed by atoms with Crippen molar-refractivity contribution in [2.45, 2.75) is 6.54 Å². The number of anilines is 2. The number of thiazole rings is 1. The van der Waals surface area contributed by atoms with E-state index in [1.54, 1.807) is 10.3 Å². The Bertz CT molecular complexity index is 1110. The molecular weight excluding hydrogens is 382 g/mol. The van der Waals surface area contributed by atoms with Gasteiger partial charge in [0.2, 0.25) is 0 Å². The standard InChI is InChI=1S/C23H21N3O2S/c27-14-13-26(15-17-7-2-1-3-8-17)22(28)21-16-29-23(25-21)24-20-12-6-10-18-9-4-5-11-19(18)20/h1-12,16,27H,13-15H2,(H,24,25). The van der Waals surface area contributed by atoms with Gasteiger partial charge in [0, 0.05) is 29.5 Å². The lowest BCUT2D eigenvalue weighted by molar-refractivity contribution is 0.0703. The zero-order valence-corrected chi connectivity index (χ0v) is 16.6. The maximum Gasteiger partial charge on any atom is 0.273 e. The van der Waals surface area contributed by atoms with Crippen LogP contribution >= 0.6 is 11.3 Å². The van der Waals surface area contributed by atoms with E-state index in [9.17, 15) is 9.90 Å². The van der Waals surface area contributed by atoms with Crippen molar-refractivity contribution in [3.63, 3.8) is 0 Å². The summed E-state index contributed by atoms with van der Waals surface area (Å²) in [5.74, 6) is -0.190. The summed E-state index contributed by atoms with van der Waals surface area (Å²) in [6.45, 7) is 0.602. The molecule has 0 spiro atoms. The number of hydrogen-bond donors (Lipinski definition) is 2. The molecule has 0 radical (unpaired) electrons. The van der Waals surface area contributed by atoms with Gasteiger partial charge in [0.05, 0.1) is 6.61 Å². The number of aliphatic hydroxyl groups excluding tert-OH is 1. The topological polar surface area (TPSA) is 65.5 Å². The van der Waals surface area contributed by atoms with Crippen molar-refractivity contribution in [3.05, 3.63) is 89.4 Å². The molecule has 5 nitrogen and oxygen atoms in total. The predicted molar refractivity (Wildman–Crippen MR) is 118 cm³/mol. The number of aliphatic hydroxyl groups is 1. The summed E-state index contributed by atoms with van der Waals surface area (Å²) in [7, 11) is 0. The van der Waals surface area contributed by atoms with Gasteiger partial charge >= 0.3 is 0 Å². The van der Waals surface area contributed by atoms with Crippen molar-refractivity contribution in [3.8, 4) is 0 Å². The fourth-order valence-corrected chi connectivity index (χ4v) is 3.91. The van der Waals surface area contributed by atoms with Crippen molar-refractivity contribution in [1.82, 2.24) is 9.88 Å². The molecule has 1 amide bonds. The zero-order valence-electron chi connectivity index (χ0n) is 15.8. The van der Waals surface area contributed by atoms with E-state index in [0.29, 0.717) is 17.4 Å². The largest absolute Gasteiger partial charge is 0.395 e. The Hall–Kier alpha value is -3.22. The molecule has 6 heteroatoms. The first-order chi connectivity index (χ1) is 14.2. The fourth-order valence-electron chi connectivity index (χ4n) is 3.22. The molecule has 3 aromatic carbocycles. The van der Waals surface area contributed by atoms with Gasteiger partial charge in [0.1, 0.15) is 5.69 Å². The van der Waals surface area contributed by atoms with Crippen LogP contribution in [-0.2, 0) is 6.54 Å². The van der Waals surface area contributed by atoms with Crippen LogP contribution < -0.4 is 5.32 Å². The highest BCUT2D eigenvalue weighted by Crippen LogP contribution is 2.28. The van der Waals surface area contributed by atoms with Gasteiger partial charge < -0.3 is 15.3 Å². The van der Waals surface area contributed by atoms with E-state index in [1.165, 1.54) is 11.3 Å². The lowest BCUT2D eigenvalue weighted by Gasteiger charge is -2.20. The highest BCUT2D eigenvalue weighted by atomic mass is 32.1. The Labute approximate surface area is 173 Å². The number of carbonyl (C=O) groups excluding carboxylic acids is 1. The third-order valence-electron chi connectivity index (χ3n) is 4.63. The summed E-state index contributed by atoms with van der Waals surface area (Å²) in [4.78, 5) is 19.1. The van der Waals surface area contributed by atoms with Crippen LogP contribution in [0.3, 0.4) is 0 Å². The maximum absolute atomic E-state index is 12.9. The van der Waals surface area contributed by atoms with Gasteiger partial charge in [0.25, 0.3) is 5.91 Å². The lowest BCUT2D eigenvalue weighted by atomic mass is 10.1. The average molecular weight is 404 g/mol. The first-order valence-corrected chi connectivity index (χ1v) is 10.3. The van der Waals surface area contributed by atoms with E-state index >= 15 is 0 Å². The summed E-state index contributed by atoms with van der Waals surface area (Å²) < 4.78 is 0. The number of hydrogen-bond acceptors (Lipinski definition) is 5. The molecule has 0 aliphatic carbocycles. The van der Waals surface area contributed by atoms with Gasteiger partial charge in [-0.2, -0.15) is 0 Å². The van der Waals surface area contributed by atoms with Gasteiger partial charge in [0.15, 0.2) is 5.13 Å². The van der Waals surface area contributed by atoms with E-state index < -0.39 is 0 Å². The Balaban J connectivity index is 1.53. The lowest BCUT2D eigenvalue weighted by Crippen LogP contribution is -2.33. The molecule has 4 rings (SSSR count). The minimum Gasteiger partial charge on any atom is -0.395 e. The summed E-state index contributed by atoms with van der Waals surface area (Å²) in [6.07, 6.45) is 0. The Kier molecular flexibility index (Phi) is 5.84. The van der Waals surface area contributed by atoms with Crippen LogP contribution in [0.5, 0.6) is 0 Å². The number of fused-ring (bicyclic) bond motifs is 1. The summed E-state index contributed by atoms with van der Waals surface area (Å²) >= 11 is 1.39. The van der Waals surface area contributed by atoms with Gasteiger partial charge in [-0.15, -0.1) is 11.3 Å². The van der Waals surface area contributed by atoms with Crippen LogP contribution in [0.25, 0.3) is 10.8 Å². The van der Waals surface area contributed by atoms with E-state index in [0.717, 1.165) is 22.0 Å². The molecule has 2 N–H and O–H groups in total. The van der Waals surface area contributed by atoms with Gasteiger partial charge in [-0.05, 0) is 17.0 Å². The number of aromatic nitrogens is 1. The molecule has 146 valence electrons. The van der Waals surface area contributed by atoms with Gasteiger partial charge in [-0.1, -0.05) is 66.7 Å². The Morgan fingerprint density at radius 2 is 1.76 bits per heavy atom. The molecule has 4 aromatic rings. The highest BCUT2D eigenvalue weighted by molar-refractivity contribution is 7.14. The van der Waals surface area contributed by atoms with Crippen LogP contribution in [0.15, 0.2) is 78.2 Å². The minimum absolute atomic E-state index is 0.0934. The highest BCUT2D eigenvalue weighted by Gasteiger charge is 2.19. The minimum atomic E-state index is -0.190. The van der Waals surface area contributed by atoms with Crippen LogP contribution in [0, 0.1) is 0 Å². The normalized spacial score (nSPS) is 10.8. The van der Waals surface area contributed by atoms with Crippen LogP contribution in [0.1, 0.15) is 16.1 Å². The molecule has 0 saturated heterocycles. The van der Waals surface area contributed by atoms with Crippen molar-refractivity contribution in [2.24, 2.45) is 0 Å². The second kappa shape index (κ2) is 8.86. The molecule has 0 fully saturated rings. The summed E-state index contributed by atoms with van der Waals surface area (Å²) in [5.41, 5.74) is 2.34. The monoisotopic (exact) mass is 403 g/mol. The van der Waals surface area contributed by atoms with Crippen molar-refractivity contribution in [2.75, 3.05) is 18.5 Å². The van der Waals surface area contributed by atoms with E-state index in [-0.39, 0.29) is 19.1 Å².